The zero-order valence-electron chi connectivity index (χ0n) is 9.97. The van der Waals surface area contributed by atoms with Gasteiger partial charge < -0.3 is 20.3 Å². The van der Waals surface area contributed by atoms with E-state index in [1.165, 1.54) is 6.07 Å². The van der Waals surface area contributed by atoms with Crippen LogP contribution in [0.25, 0.3) is 0 Å². The smallest absolute Gasteiger partial charge is 0.339 e. The fourth-order valence-corrected chi connectivity index (χ4v) is 1.31. The molecule has 0 fully saturated rings. The number of nitrogen functional groups attached to an aromatic ring is 1. The second kappa shape index (κ2) is 6.10. The number of carboxylic acid groups (broad SMARTS) is 1. The molecule has 17 heavy (non-hydrogen) atoms. The molecule has 0 spiro atoms. The molecule has 0 radical (unpaired) electrons. The van der Waals surface area contributed by atoms with E-state index in [2.05, 4.69) is 0 Å². The Hall–Kier alpha value is -1.75. The van der Waals surface area contributed by atoms with Crippen LogP contribution in [0.5, 0.6) is 5.75 Å². The second-order valence-electron chi connectivity index (χ2n) is 3.80. The van der Waals surface area contributed by atoms with Crippen LogP contribution in [0.1, 0.15) is 24.2 Å². The number of anilines is 1. The highest BCUT2D eigenvalue weighted by molar-refractivity contribution is 5.93. The number of para-hydroxylation sites is 1. The third-order valence-corrected chi connectivity index (χ3v) is 2.06. The predicted octanol–water partition coefficient (Wildman–Crippen LogP) is 1.77. The normalized spacial score (nSPS) is 10.5. The maximum absolute atomic E-state index is 10.9. The third kappa shape index (κ3) is 3.96. The number of hydrogen-bond acceptors (Lipinski definition) is 4. The Kier molecular flexibility index (Phi) is 4.78. The molecule has 1 rings (SSSR count). The zero-order chi connectivity index (χ0) is 12.8. The summed E-state index contributed by atoms with van der Waals surface area (Å²) in [5.74, 6) is -0.857. The van der Waals surface area contributed by atoms with E-state index in [0.717, 1.165) is 0 Å². The molecule has 0 saturated heterocycles. The molecule has 1 aromatic rings. The topological polar surface area (TPSA) is 81.8 Å². The Morgan fingerprint density at radius 2 is 2.12 bits per heavy atom. The van der Waals surface area contributed by atoms with Crippen molar-refractivity contribution in [2.45, 2.75) is 20.0 Å². The van der Waals surface area contributed by atoms with Crippen LogP contribution >= 0.6 is 0 Å². The van der Waals surface area contributed by atoms with Crippen LogP contribution < -0.4 is 10.5 Å². The van der Waals surface area contributed by atoms with Gasteiger partial charge in [0.05, 0.1) is 18.4 Å². The molecule has 0 saturated carbocycles. The Morgan fingerprint density at radius 1 is 1.41 bits per heavy atom. The Bertz CT molecular complexity index is 390. The molecule has 5 nitrogen and oxygen atoms in total. The van der Waals surface area contributed by atoms with Crippen LogP contribution in [0.3, 0.4) is 0 Å². The van der Waals surface area contributed by atoms with Crippen molar-refractivity contribution in [1.82, 2.24) is 0 Å². The van der Waals surface area contributed by atoms with E-state index in [0.29, 0.717) is 12.3 Å². The maximum atomic E-state index is 10.9. The number of benzene rings is 1. The van der Waals surface area contributed by atoms with Crippen molar-refractivity contribution in [3.8, 4) is 5.75 Å². The summed E-state index contributed by atoms with van der Waals surface area (Å²) in [4.78, 5) is 10.9. The lowest BCUT2D eigenvalue weighted by Crippen LogP contribution is -2.13. The first-order valence-corrected chi connectivity index (χ1v) is 5.38. The summed E-state index contributed by atoms with van der Waals surface area (Å²) in [5, 5.41) is 8.97. The SMILES string of the molecule is CC(C)OCCOc1c(N)cccc1C(=O)O. The van der Waals surface area contributed by atoms with Gasteiger partial charge in [0.1, 0.15) is 12.2 Å². The molecule has 0 atom stereocenters. The molecule has 0 aliphatic rings. The monoisotopic (exact) mass is 239 g/mol. The summed E-state index contributed by atoms with van der Waals surface area (Å²) < 4.78 is 10.6. The molecule has 0 aliphatic carbocycles. The number of carboxylic acids is 1. The van der Waals surface area contributed by atoms with E-state index in [4.69, 9.17) is 20.3 Å². The Balaban J connectivity index is 2.66. The lowest BCUT2D eigenvalue weighted by atomic mass is 10.2. The highest BCUT2D eigenvalue weighted by Gasteiger charge is 2.13. The summed E-state index contributed by atoms with van der Waals surface area (Å²) in [6.45, 7) is 4.50. The van der Waals surface area contributed by atoms with E-state index in [1.54, 1.807) is 12.1 Å². The zero-order valence-corrected chi connectivity index (χ0v) is 9.97. The summed E-state index contributed by atoms with van der Waals surface area (Å²) in [6.07, 6.45) is 0.116. The number of carbonyl (C=O) groups is 1. The molecule has 0 unspecified atom stereocenters. The fourth-order valence-electron chi connectivity index (χ4n) is 1.31. The van der Waals surface area contributed by atoms with Gasteiger partial charge in [-0.25, -0.2) is 4.79 Å². The van der Waals surface area contributed by atoms with Crippen LogP contribution in [0, 0.1) is 0 Å². The van der Waals surface area contributed by atoms with Crippen LogP contribution in [-0.2, 0) is 4.74 Å². The van der Waals surface area contributed by atoms with Gasteiger partial charge in [-0.05, 0) is 26.0 Å². The number of hydrogen-bond donors (Lipinski definition) is 2. The Morgan fingerprint density at radius 3 is 2.71 bits per heavy atom. The van der Waals surface area contributed by atoms with Gasteiger partial charge in [0.15, 0.2) is 5.75 Å². The largest absolute Gasteiger partial charge is 0.488 e. The van der Waals surface area contributed by atoms with Crippen LogP contribution in [0.15, 0.2) is 18.2 Å². The van der Waals surface area contributed by atoms with Crippen molar-refractivity contribution in [3.05, 3.63) is 23.8 Å². The van der Waals surface area contributed by atoms with Crippen LogP contribution in [-0.4, -0.2) is 30.4 Å². The van der Waals surface area contributed by atoms with Crippen LogP contribution in [0.4, 0.5) is 5.69 Å². The molecule has 0 aromatic heterocycles. The van der Waals surface area contributed by atoms with Crippen LogP contribution in [0.2, 0.25) is 0 Å². The lowest BCUT2D eigenvalue weighted by Gasteiger charge is -2.12. The minimum atomic E-state index is -1.06. The van der Waals surface area contributed by atoms with Gasteiger partial charge in [0, 0.05) is 0 Å². The number of nitrogens with two attached hydrogens (primary N) is 1. The Labute approximate surface area is 100 Å². The first kappa shape index (κ1) is 13.3. The summed E-state index contributed by atoms with van der Waals surface area (Å²) in [6, 6.07) is 4.64. The summed E-state index contributed by atoms with van der Waals surface area (Å²) in [7, 11) is 0. The molecule has 1 aromatic carbocycles. The van der Waals surface area contributed by atoms with E-state index < -0.39 is 5.97 Å². The predicted molar refractivity (Wildman–Crippen MR) is 64.4 cm³/mol. The lowest BCUT2D eigenvalue weighted by molar-refractivity contribution is 0.0540. The average Bonchev–Trinajstić information content (AvgIpc) is 2.25. The highest BCUT2D eigenvalue weighted by atomic mass is 16.5. The van der Waals surface area contributed by atoms with Gasteiger partial charge in [0.2, 0.25) is 0 Å². The van der Waals surface area contributed by atoms with Gasteiger partial charge in [-0.2, -0.15) is 0 Å². The van der Waals surface area contributed by atoms with Gasteiger partial charge >= 0.3 is 5.97 Å². The van der Waals surface area contributed by atoms with Crippen molar-refractivity contribution in [2.75, 3.05) is 18.9 Å². The minimum absolute atomic E-state index is 0.0644. The molecule has 5 heteroatoms. The fraction of sp³-hybridized carbons (Fsp3) is 0.417. The van der Waals surface area contributed by atoms with Gasteiger partial charge in [-0.1, -0.05) is 6.07 Å². The van der Waals surface area contributed by atoms with E-state index in [1.807, 2.05) is 13.8 Å². The molecule has 0 aliphatic heterocycles. The van der Waals surface area contributed by atoms with Gasteiger partial charge in [-0.15, -0.1) is 0 Å². The molecule has 0 bridgehead atoms. The minimum Gasteiger partial charge on any atom is -0.488 e. The van der Waals surface area contributed by atoms with E-state index in [9.17, 15) is 4.79 Å². The van der Waals surface area contributed by atoms with Gasteiger partial charge in [0.25, 0.3) is 0 Å². The second-order valence-corrected chi connectivity index (χ2v) is 3.80. The van der Waals surface area contributed by atoms with Crippen molar-refractivity contribution < 1.29 is 19.4 Å². The van der Waals surface area contributed by atoms with E-state index >= 15 is 0 Å². The van der Waals surface area contributed by atoms with Gasteiger partial charge in [-0.3, -0.25) is 0 Å². The average molecular weight is 239 g/mol. The molecular formula is C12H17NO4. The van der Waals surface area contributed by atoms with E-state index in [-0.39, 0.29) is 24.0 Å². The summed E-state index contributed by atoms with van der Waals surface area (Å²) >= 11 is 0. The third-order valence-electron chi connectivity index (χ3n) is 2.06. The van der Waals surface area contributed by atoms with Crippen molar-refractivity contribution in [2.24, 2.45) is 0 Å². The molecule has 0 heterocycles. The number of rotatable bonds is 6. The maximum Gasteiger partial charge on any atom is 0.339 e. The molecule has 94 valence electrons. The standard InChI is InChI=1S/C12H17NO4/c1-8(2)16-6-7-17-11-9(12(14)15)4-3-5-10(11)13/h3-5,8H,6-7,13H2,1-2H3,(H,14,15). The quantitative estimate of drug-likeness (QED) is 0.584. The first-order valence-electron chi connectivity index (χ1n) is 5.38. The molecule has 0 amide bonds. The summed E-state index contributed by atoms with van der Waals surface area (Å²) in [5.41, 5.74) is 6.05. The van der Waals surface area contributed by atoms with Crippen molar-refractivity contribution in [3.63, 3.8) is 0 Å². The molecular weight excluding hydrogens is 222 g/mol. The highest BCUT2D eigenvalue weighted by Crippen LogP contribution is 2.26. The number of ether oxygens (including phenoxy) is 2. The molecule has 3 N–H and O–H groups in total. The number of aromatic carboxylic acids is 1. The van der Waals surface area contributed by atoms with Crippen molar-refractivity contribution in [1.29, 1.82) is 0 Å². The van der Waals surface area contributed by atoms with Crippen molar-refractivity contribution >= 4 is 11.7 Å². The first-order chi connectivity index (χ1) is 8.02.